The van der Waals surface area contributed by atoms with Gasteiger partial charge in [0, 0.05) is 29.6 Å². The quantitative estimate of drug-likeness (QED) is 0.513. The molecule has 2 N–H and O–H groups in total. The summed E-state index contributed by atoms with van der Waals surface area (Å²) in [5.74, 6) is -1.13. The number of hydrogen-bond acceptors (Lipinski definition) is 5. The molecule has 1 aromatic heterocycles. The SMILES string of the molecule is Cc1cc2occ(CC(=O)OCC(=O)N(CCC(N)=O)c3ccccc3)c2cc1C(C)C. The molecule has 0 radical (unpaired) electrons. The lowest BCUT2D eigenvalue weighted by atomic mass is 9.95. The maximum Gasteiger partial charge on any atom is 0.310 e. The van der Waals surface area contributed by atoms with Gasteiger partial charge in [0.25, 0.3) is 5.91 Å². The number of nitrogens with zero attached hydrogens (tertiary/aromatic N) is 1. The second-order valence-corrected chi connectivity index (χ2v) is 8.06. The number of furan rings is 1. The Balaban J connectivity index is 1.67. The second-order valence-electron chi connectivity index (χ2n) is 8.06. The number of aryl methyl sites for hydroxylation is 1. The van der Waals surface area contributed by atoms with Crippen molar-refractivity contribution in [3.8, 4) is 0 Å². The molecule has 0 aliphatic heterocycles. The van der Waals surface area contributed by atoms with Crippen molar-refractivity contribution < 1.29 is 23.5 Å². The monoisotopic (exact) mass is 436 g/mol. The predicted molar refractivity (Wildman–Crippen MR) is 122 cm³/mol. The minimum Gasteiger partial charge on any atom is -0.464 e. The lowest BCUT2D eigenvalue weighted by molar-refractivity contribution is -0.147. The Labute approximate surface area is 187 Å². The first kappa shape index (κ1) is 23.1. The highest BCUT2D eigenvalue weighted by Gasteiger charge is 2.20. The minimum atomic E-state index is -0.532. The van der Waals surface area contributed by atoms with E-state index in [1.165, 1.54) is 10.5 Å². The third-order valence-corrected chi connectivity index (χ3v) is 5.31. The molecule has 0 fully saturated rings. The summed E-state index contributed by atoms with van der Waals surface area (Å²) in [4.78, 5) is 37.7. The fourth-order valence-electron chi connectivity index (χ4n) is 3.66. The zero-order valence-electron chi connectivity index (χ0n) is 18.6. The summed E-state index contributed by atoms with van der Waals surface area (Å²) < 4.78 is 10.9. The van der Waals surface area contributed by atoms with Crippen LogP contribution in [0.3, 0.4) is 0 Å². The molecule has 2 aromatic carbocycles. The van der Waals surface area contributed by atoms with Gasteiger partial charge in [0.1, 0.15) is 5.58 Å². The summed E-state index contributed by atoms with van der Waals surface area (Å²) in [6, 6.07) is 12.9. The largest absolute Gasteiger partial charge is 0.464 e. The molecule has 1 heterocycles. The summed E-state index contributed by atoms with van der Waals surface area (Å²) in [5, 5.41) is 0.870. The van der Waals surface area contributed by atoms with E-state index in [1.54, 1.807) is 30.5 Å². The molecule has 0 aliphatic carbocycles. The zero-order chi connectivity index (χ0) is 23.3. The molecule has 3 rings (SSSR count). The number of ether oxygens (including phenoxy) is 1. The Morgan fingerprint density at radius 2 is 1.84 bits per heavy atom. The van der Waals surface area contributed by atoms with Crippen LogP contribution in [0.25, 0.3) is 11.0 Å². The first-order chi connectivity index (χ1) is 15.3. The van der Waals surface area contributed by atoms with Crippen molar-refractivity contribution in [2.45, 2.75) is 39.5 Å². The first-order valence-electron chi connectivity index (χ1n) is 10.6. The number of carbonyl (C=O) groups is 3. The zero-order valence-corrected chi connectivity index (χ0v) is 18.6. The Morgan fingerprint density at radius 3 is 2.50 bits per heavy atom. The molecule has 0 bridgehead atoms. The summed E-state index contributed by atoms with van der Waals surface area (Å²) in [7, 11) is 0. The highest BCUT2D eigenvalue weighted by Crippen LogP contribution is 2.29. The Bertz CT molecular complexity index is 1120. The molecular formula is C25H28N2O5. The minimum absolute atomic E-state index is 0.00645. The lowest BCUT2D eigenvalue weighted by Crippen LogP contribution is -2.37. The van der Waals surface area contributed by atoms with Crippen molar-refractivity contribution in [2.75, 3.05) is 18.1 Å². The van der Waals surface area contributed by atoms with Crippen molar-refractivity contribution in [1.29, 1.82) is 0 Å². The number of fused-ring (bicyclic) bond motifs is 1. The van der Waals surface area contributed by atoms with Gasteiger partial charge in [-0.15, -0.1) is 0 Å². The van der Waals surface area contributed by atoms with Crippen LogP contribution in [0.4, 0.5) is 5.69 Å². The third-order valence-electron chi connectivity index (χ3n) is 5.31. The van der Waals surface area contributed by atoms with Crippen LogP contribution in [-0.4, -0.2) is 30.9 Å². The molecule has 32 heavy (non-hydrogen) atoms. The average molecular weight is 437 g/mol. The lowest BCUT2D eigenvalue weighted by Gasteiger charge is -2.22. The van der Waals surface area contributed by atoms with Crippen LogP contribution in [0.2, 0.25) is 0 Å². The highest BCUT2D eigenvalue weighted by atomic mass is 16.5. The van der Waals surface area contributed by atoms with E-state index < -0.39 is 24.4 Å². The van der Waals surface area contributed by atoms with Crippen LogP contribution in [0.15, 0.2) is 53.1 Å². The van der Waals surface area contributed by atoms with Gasteiger partial charge in [-0.1, -0.05) is 32.0 Å². The number of primary amides is 1. The molecule has 0 aliphatic rings. The fourth-order valence-corrected chi connectivity index (χ4v) is 3.66. The summed E-state index contributed by atoms with van der Waals surface area (Å²) in [5.41, 5.74) is 9.59. The van der Waals surface area contributed by atoms with Gasteiger partial charge in [-0.05, 0) is 48.2 Å². The van der Waals surface area contributed by atoms with Gasteiger partial charge < -0.3 is 19.8 Å². The number of hydrogen-bond donors (Lipinski definition) is 1. The van der Waals surface area contributed by atoms with Crippen LogP contribution in [0.5, 0.6) is 0 Å². The van der Waals surface area contributed by atoms with E-state index >= 15 is 0 Å². The number of rotatable bonds is 9. The van der Waals surface area contributed by atoms with Crippen molar-refractivity contribution in [1.82, 2.24) is 0 Å². The topological polar surface area (TPSA) is 103 Å². The maximum absolute atomic E-state index is 12.7. The number of nitrogens with two attached hydrogens (primary N) is 1. The van der Waals surface area contributed by atoms with Crippen molar-refractivity contribution in [2.24, 2.45) is 5.73 Å². The predicted octanol–water partition coefficient (Wildman–Crippen LogP) is 3.86. The molecule has 0 saturated carbocycles. The average Bonchev–Trinajstić information content (AvgIpc) is 3.13. The Kier molecular flexibility index (Phi) is 7.30. The van der Waals surface area contributed by atoms with Crippen molar-refractivity contribution in [3.63, 3.8) is 0 Å². The molecular weight excluding hydrogens is 408 g/mol. The van der Waals surface area contributed by atoms with Crippen LogP contribution >= 0.6 is 0 Å². The van der Waals surface area contributed by atoms with Gasteiger partial charge in [-0.3, -0.25) is 14.4 Å². The summed E-state index contributed by atoms with van der Waals surface area (Å²) >= 11 is 0. The van der Waals surface area contributed by atoms with Crippen molar-refractivity contribution in [3.05, 3.63) is 65.4 Å². The van der Waals surface area contributed by atoms with Crippen molar-refractivity contribution >= 4 is 34.4 Å². The van der Waals surface area contributed by atoms with E-state index in [-0.39, 0.29) is 19.4 Å². The first-order valence-corrected chi connectivity index (χ1v) is 10.6. The molecule has 0 unspecified atom stereocenters. The molecule has 7 heteroatoms. The normalized spacial score (nSPS) is 11.0. The molecule has 7 nitrogen and oxygen atoms in total. The van der Waals surface area contributed by atoms with Crippen LogP contribution in [0, 0.1) is 6.92 Å². The molecule has 0 atom stereocenters. The number of carbonyl (C=O) groups excluding carboxylic acids is 3. The maximum atomic E-state index is 12.7. The number of para-hydroxylation sites is 1. The molecule has 2 amide bonds. The number of esters is 1. The van der Waals surface area contributed by atoms with Gasteiger partial charge in [-0.2, -0.15) is 0 Å². The van der Waals surface area contributed by atoms with Gasteiger partial charge in [0.15, 0.2) is 6.61 Å². The van der Waals surface area contributed by atoms with E-state index in [1.807, 2.05) is 25.1 Å². The third kappa shape index (κ3) is 5.55. The number of anilines is 1. The molecule has 168 valence electrons. The standard InChI is InChI=1S/C25H28N2O5/c1-16(2)20-13-21-18(14-31-22(21)11-17(20)3)12-25(30)32-15-24(29)27(10-9-23(26)28)19-7-5-4-6-8-19/h4-8,11,13-14,16H,9-10,12,15H2,1-3H3,(H2,26,28). The Hall–Kier alpha value is -3.61. The smallest absolute Gasteiger partial charge is 0.310 e. The highest BCUT2D eigenvalue weighted by molar-refractivity contribution is 5.96. The number of amides is 2. The van der Waals surface area contributed by atoms with Gasteiger partial charge in [0.05, 0.1) is 12.7 Å². The molecule has 3 aromatic rings. The summed E-state index contributed by atoms with van der Waals surface area (Å²) in [6.45, 7) is 5.95. The number of benzene rings is 2. The van der Waals surface area contributed by atoms with E-state index in [2.05, 4.69) is 13.8 Å². The van der Waals surface area contributed by atoms with E-state index in [0.29, 0.717) is 22.8 Å². The van der Waals surface area contributed by atoms with Gasteiger partial charge >= 0.3 is 5.97 Å². The van der Waals surface area contributed by atoms with Gasteiger partial charge in [0.2, 0.25) is 5.91 Å². The van der Waals surface area contributed by atoms with E-state index in [4.69, 9.17) is 14.9 Å². The molecule has 0 spiro atoms. The molecule has 0 saturated heterocycles. The van der Waals surface area contributed by atoms with Crippen LogP contribution in [0.1, 0.15) is 42.9 Å². The van der Waals surface area contributed by atoms with Crippen LogP contribution in [-0.2, 0) is 25.5 Å². The summed E-state index contributed by atoms with van der Waals surface area (Å²) in [6.07, 6.45) is 1.56. The van der Waals surface area contributed by atoms with E-state index in [9.17, 15) is 14.4 Å². The Morgan fingerprint density at radius 1 is 1.12 bits per heavy atom. The van der Waals surface area contributed by atoms with Gasteiger partial charge in [-0.25, -0.2) is 0 Å². The second kappa shape index (κ2) is 10.1. The fraction of sp³-hybridized carbons (Fsp3) is 0.320. The van der Waals surface area contributed by atoms with Crippen LogP contribution < -0.4 is 10.6 Å². The van der Waals surface area contributed by atoms with E-state index in [0.717, 1.165) is 10.9 Å².